The molecule has 8 nitrogen and oxygen atoms in total. The minimum atomic E-state index is -0.493. The van der Waals surface area contributed by atoms with Gasteiger partial charge in [-0.1, -0.05) is 12.1 Å². The first-order valence-electron chi connectivity index (χ1n) is 8.01. The third-order valence-corrected chi connectivity index (χ3v) is 4.50. The Hall–Kier alpha value is -2.81. The van der Waals surface area contributed by atoms with Gasteiger partial charge >= 0.3 is 5.69 Å². The van der Waals surface area contributed by atoms with E-state index >= 15 is 0 Å². The van der Waals surface area contributed by atoms with Gasteiger partial charge in [-0.05, 0) is 41.1 Å². The second-order valence-corrected chi connectivity index (χ2v) is 6.67. The number of aromatic nitrogens is 3. The minimum Gasteiger partial charge on any atom is -0.345 e. The number of amides is 2. The monoisotopic (exact) mass is 419 g/mol. The van der Waals surface area contributed by atoms with Gasteiger partial charge in [0, 0.05) is 24.3 Å². The number of halogens is 1. The van der Waals surface area contributed by atoms with Gasteiger partial charge in [-0.25, -0.2) is 4.79 Å². The third kappa shape index (κ3) is 3.30. The van der Waals surface area contributed by atoms with Gasteiger partial charge in [0.2, 0.25) is 0 Å². The van der Waals surface area contributed by atoms with E-state index in [9.17, 15) is 14.4 Å². The van der Waals surface area contributed by atoms with Crippen molar-refractivity contribution < 1.29 is 9.59 Å². The number of hydrazine groups is 1. The molecule has 3 aromatic rings. The summed E-state index contributed by atoms with van der Waals surface area (Å²) in [5, 5.41) is 0. The summed E-state index contributed by atoms with van der Waals surface area (Å²) in [5.41, 5.74) is 6.27. The fourth-order valence-corrected chi connectivity index (χ4v) is 3.38. The number of nitrogens with one attached hydrogen (secondary N) is 2. The average molecular weight is 420 g/mol. The highest BCUT2D eigenvalue weighted by atomic mass is 79.9. The quantitative estimate of drug-likeness (QED) is 0.626. The lowest BCUT2D eigenvalue weighted by molar-refractivity contribution is -0.122. The van der Waals surface area contributed by atoms with Crippen LogP contribution in [0.2, 0.25) is 0 Å². The zero-order chi connectivity index (χ0) is 18.8. The van der Waals surface area contributed by atoms with Crippen LogP contribution in [0.5, 0.6) is 0 Å². The van der Waals surface area contributed by atoms with Crippen LogP contribution in [0.15, 0.2) is 45.8 Å². The van der Waals surface area contributed by atoms with Crippen molar-refractivity contribution in [2.24, 2.45) is 7.05 Å². The number of carbonyl (C=O) groups is 2. The summed E-state index contributed by atoms with van der Waals surface area (Å²) >= 11 is 3.29. The molecule has 0 fully saturated rings. The summed E-state index contributed by atoms with van der Waals surface area (Å²) in [6.45, 7) is 2.19. The molecule has 2 heterocycles. The number of aryl methyl sites for hydroxylation is 2. The number of carbonyl (C=O) groups excluding carboxylic acids is 2. The number of para-hydroxylation sites is 2. The molecule has 26 heavy (non-hydrogen) atoms. The van der Waals surface area contributed by atoms with Crippen LogP contribution in [0.1, 0.15) is 17.4 Å². The maximum atomic E-state index is 12.5. The van der Waals surface area contributed by atoms with Crippen LogP contribution in [0, 0.1) is 0 Å². The molecule has 2 aromatic heterocycles. The normalized spacial score (nSPS) is 10.9. The van der Waals surface area contributed by atoms with Crippen LogP contribution in [-0.4, -0.2) is 25.5 Å². The topological polar surface area (TPSA) is 90.1 Å². The van der Waals surface area contributed by atoms with Crippen molar-refractivity contribution in [1.29, 1.82) is 0 Å². The van der Waals surface area contributed by atoms with Crippen LogP contribution in [0.3, 0.4) is 0 Å². The van der Waals surface area contributed by atoms with Crippen LogP contribution in [-0.2, 0) is 24.9 Å². The van der Waals surface area contributed by atoms with Gasteiger partial charge in [-0.15, -0.1) is 0 Å². The van der Waals surface area contributed by atoms with Gasteiger partial charge in [0.15, 0.2) is 0 Å². The SMILES string of the molecule is CCn1c(=O)n(CC(=O)NNC(=O)c2cc(Br)cn2C)c2ccccc21. The molecule has 136 valence electrons. The van der Waals surface area contributed by atoms with Gasteiger partial charge in [-0.3, -0.25) is 29.6 Å². The standard InChI is InChI=1S/C17H18BrN5O3/c1-3-22-12-6-4-5-7-13(12)23(17(22)26)10-15(24)19-20-16(25)14-8-11(18)9-21(14)2/h4-9H,3,10H2,1-2H3,(H,19,24)(H,20,25). The van der Waals surface area contributed by atoms with Crippen molar-refractivity contribution in [1.82, 2.24) is 24.6 Å². The Labute approximate surface area is 157 Å². The summed E-state index contributed by atoms with van der Waals surface area (Å²) in [5.74, 6) is -0.942. The fourth-order valence-electron chi connectivity index (χ4n) is 2.85. The molecular formula is C17H18BrN5O3. The Morgan fingerprint density at radius 2 is 1.77 bits per heavy atom. The summed E-state index contributed by atoms with van der Waals surface area (Å²) in [6.07, 6.45) is 1.73. The largest absolute Gasteiger partial charge is 0.345 e. The Morgan fingerprint density at radius 1 is 1.12 bits per heavy atom. The maximum Gasteiger partial charge on any atom is 0.329 e. The molecule has 2 amide bonds. The van der Waals surface area contributed by atoms with Gasteiger partial charge in [-0.2, -0.15) is 0 Å². The molecule has 1 aromatic carbocycles. The van der Waals surface area contributed by atoms with Gasteiger partial charge in [0.05, 0.1) is 11.0 Å². The molecule has 0 aliphatic carbocycles. The van der Waals surface area contributed by atoms with E-state index in [0.29, 0.717) is 17.8 Å². The first-order chi connectivity index (χ1) is 12.4. The highest BCUT2D eigenvalue weighted by molar-refractivity contribution is 9.10. The highest BCUT2D eigenvalue weighted by Gasteiger charge is 2.16. The van der Waals surface area contributed by atoms with Crippen LogP contribution < -0.4 is 16.5 Å². The van der Waals surface area contributed by atoms with Crippen molar-refractivity contribution in [3.63, 3.8) is 0 Å². The fraction of sp³-hybridized carbons (Fsp3) is 0.235. The summed E-state index contributed by atoms with van der Waals surface area (Å²) < 4.78 is 5.38. The number of nitrogens with zero attached hydrogens (tertiary/aromatic N) is 3. The smallest absolute Gasteiger partial charge is 0.329 e. The molecule has 0 saturated heterocycles. The highest BCUT2D eigenvalue weighted by Crippen LogP contribution is 2.13. The predicted molar refractivity (Wildman–Crippen MR) is 101 cm³/mol. The molecule has 3 rings (SSSR count). The number of benzene rings is 1. The number of rotatable bonds is 4. The van der Waals surface area contributed by atoms with E-state index in [4.69, 9.17) is 0 Å². The van der Waals surface area contributed by atoms with Crippen molar-refractivity contribution >= 4 is 38.8 Å². The lowest BCUT2D eigenvalue weighted by Gasteiger charge is -2.08. The lowest BCUT2D eigenvalue weighted by Crippen LogP contribution is -2.44. The number of imidazole rings is 1. The Bertz CT molecular complexity index is 1050. The Morgan fingerprint density at radius 3 is 2.35 bits per heavy atom. The molecule has 0 aliphatic heterocycles. The Balaban J connectivity index is 1.74. The molecule has 0 spiro atoms. The maximum absolute atomic E-state index is 12.5. The van der Waals surface area contributed by atoms with Crippen LogP contribution >= 0.6 is 15.9 Å². The van der Waals surface area contributed by atoms with E-state index < -0.39 is 11.8 Å². The van der Waals surface area contributed by atoms with E-state index in [0.717, 1.165) is 9.99 Å². The van der Waals surface area contributed by atoms with E-state index in [1.807, 2.05) is 25.1 Å². The van der Waals surface area contributed by atoms with Crippen molar-refractivity contribution in [2.75, 3.05) is 0 Å². The first kappa shape index (κ1) is 18.0. The van der Waals surface area contributed by atoms with Crippen LogP contribution in [0.4, 0.5) is 0 Å². The van der Waals surface area contributed by atoms with Crippen LogP contribution in [0.25, 0.3) is 11.0 Å². The van der Waals surface area contributed by atoms with Crippen molar-refractivity contribution in [2.45, 2.75) is 20.0 Å². The second-order valence-electron chi connectivity index (χ2n) is 5.76. The predicted octanol–water partition coefficient (Wildman–Crippen LogP) is 1.39. The summed E-state index contributed by atoms with van der Waals surface area (Å²) in [4.78, 5) is 36.9. The lowest BCUT2D eigenvalue weighted by atomic mass is 10.3. The van der Waals surface area contributed by atoms with Gasteiger partial charge in [0.25, 0.3) is 11.8 Å². The van der Waals surface area contributed by atoms with Crippen molar-refractivity contribution in [3.05, 3.63) is 57.2 Å². The molecule has 0 radical (unpaired) electrons. The number of hydrogen-bond acceptors (Lipinski definition) is 3. The van der Waals surface area contributed by atoms with Crippen molar-refractivity contribution in [3.8, 4) is 0 Å². The average Bonchev–Trinajstić information content (AvgIpc) is 3.09. The summed E-state index contributed by atoms with van der Waals surface area (Å²) in [7, 11) is 1.72. The molecule has 0 unspecified atom stereocenters. The van der Waals surface area contributed by atoms with Gasteiger partial charge in [0.1, 0.15) is 12.2 Å². The molecule has 0 saturated carbocycles. The second kappa shape index (κ2) is 7.20. The molecule has 0 aliphatic rings. The van der Waals surface area contributed by atoms with Gasteiger partial charge < -0.3 is 4.57 Å². The third-order valence-electron chi connectivity index (χ3n) is 4.06. The number of fused-ring (bicyclic) bond motifs is 1. The zero-order valence-electron chi connectivity index (χ0n) is 14.3. The van der Waals surface area contributed by atoms with E-state index in [2.05, 4.69) is 26.8 Å². The zero-order valence-corrected chi connectivity index (χ0v) is 15.9. The molecule has 0 atom stereocenters. The minimum absolute atomic E-state index is 0.191. The van der Waals surface area contributed by atoms with E-state index in [-0.39, 0.29) is 12.2 Å². The summed E-state index contributed by atoms with van der Waals surface area (Å²) in [6, 6.07) is 8.92. The number of hydrogen-bond donors (Lipinski definition) is 2. The molecular weight excluding hydrogens is 402 g/mol. The molecule has 0 bridgehead atoms. The molecule has 9 heteroatoms. The van der Waals surface area contributed by atoms with E-state index in [1.165, 1.54) is 4.57 Å². The van der Waals surface area contributed by atoms with E-state index in [1.54, 1.807) is 34.5 Å². The molecule has 2 N–H and O–H groups in total. The Kier molecular flexibility index (Phi) is 4.99. The first-order valence-corrected chi connectivity index (χ1v) is 8.80.